The maximum absolute atomic E-state index is 13.2. The van der Waals surface area contributed by atoms with Crippen LogP contribution in [-0.4, -0.2) is 17.8 Å². The summed E-state index contributed by atoms with van der Waals surface area (Å²) in [6.07, 6.45) is 2.27. The first-order valence-electron chi connectivity index (χ1n) is 10.7. The minimum Gasteiger partial charge on any atom is -0.487 e. The quantitative estimate of drug-likeness (QED) is 0.168. The number of benzene rings is 3. The molecule has 1 heterocycles. The Bertz CT molecular complexity index is 1390. The van der Waals surface area contributed by atoms with Gasteiger partial charge in [-0.05, 0) is 98.5 Å². The summed E-state index contributed by atoms with van der Waals surface area (Å²) >= 11 is 17.8. The summed E-state index contributed by atoms with van der Waals surface area (Å²) in [6.45, 7) is 2.23. The second-order valence-corrected chi connectivity index (χ2v) is 10.7. The Balaban J connectivity index is 1.60. The molecule has 0 aromatic heterocycles. The van der Waals surface area contributed by atoms with E-state index in [0.717, 1.165) is 26.0 Å². The maximum Gasteiger partial charge on any atom is 0.335 e. The fourth-order valence-electron chi connectivity index (χ4n) is 3.53. The monoisotopic (exact) mass is 698 g/mol. The minimum atomic E-state index is -0.785. The van der Waals surface area contributed by atoms with Gasteiger partial charge in [0.2, 0.25) is 0 Å². The SMILES string of the molecule is CCc1ccc(N2C(=O)NC(=O)/C(=C/c3cc(Br)c(OCc4ccc(Cl)cc4Cl)c(I)c3)C2=O)cc1. The number of hydrogen-bond acceptors (Lipinski definition) is 4. The van der Waals surface area contributed by atoms with Gasteiger partial charge < -0.3 is 4.74 Å². The largest absolute Gasteiger partial charge is 0.487 e. The molecule has 1 saturated heterocycles. The molecule has 1 aliphatic heterocycles. The number of halogens is 4. The number of amides is 4. The number of ether oxygens (including phenoxy) is 1. The Morgan fingerprint density at radius 3 is 2.42 bits per heavy atom. The number of rotatable bonds is 6. The van der Waals surface area contributed by atoms with Gasteiger partial charge >= 0.3 is 6.03 Å². The number of imide groups is 2. The third-order valence-electron chi connectivity index (χ3n) is 5.42. The van der Waals surface area contributed by atoms with Gasteiger partial charge in [0.05, 0.1) is 13.7 Å². The van der Waals surface area contributed by atoms with Crippen LogP contribution in [0.5, 0.6) is 5.75 Å². The molecule has 1 N–H and O–H groups in total. The van der Waals surface area contributed by atoms with E-state index in [1.165, 1.54) is 6.08 Å². The Hall–Kier alpha value is -2.40. The van der Waals surface area contributed by atoms with Crippen molar-refractivity contribution in [1.29, 1.82) is 0 Å². The molecule has 0 saturated carbocycles. The first kappa shape index (κ1) is 26.7. The minimum absolute atomic E-state index is 0.154. The summed E-state index contributed by atoms with van der Waals surface area (Å²) in [7, 11) is 0. The normalized spacial score (nSPS) is 14.9. The molecule has 1 aliphatic rings. The number of nitrogens with zero attached hydrogens (tertiary/aromatic N) is 1. The van der Waals surface area contributed by atoms with Gasteiger partial charge in [0, 0.05) is 15.6 Å². The van der Waals surface area contributed by atoms with E-state index in [1.54, 1.807) is 42.5 Å². The molecule has 0 atom stereocenters. The Morgan fingerprint density at radius 1 is 1.06 bits per heavy atom. The highest BCUT2D eigenvalue weighted by atomic mass is 127. The van der Waals surface area contributed by atoms with Crippen LogP contribution in [0.15, 0.2) is 64.6 Å². The van der Waals surface area contributed by atoms with Crippen LogP contribution in [-0.2, 0) is 22.6 Å². The molecule has 1 fully saturated rings. The van der Waals surface area contributed by atoms with Crippen molar-refractivity contribution in [2.75, 3.05) is 4.90 Å². The molecule has 0 bridgehead atoms. The van der Waals surface area contributed by atoms with Gasteiger partial charge in [0.15, 0.2) is 0 Å². The van der Waals surface area contributed by atoms with Crippen LogP contribution < -0.4 is 15.0 Å². The molecule has 10 heteroatoms. The molecule has 36 heavy (non-hydrogen) atoms. The predicted octanol–water partition coefficient (Wildman–Crippen LogP) is 7.17. The lowest BCUT2D eigenvalue weighted by Gasteiger charge is -2.26. The van der Waals surface area contributed by atoms with Crippen molar-refractivity contribution in [2.24, 2.45) is 0 Å². The molecule has 0 spiro atoms. The third-order valence-corrected chi connectivity index (χ3v) is 7.40. The van der Waals surface area contributed by atoms with Crippen molar-refractivity contribution < 1.29 is 19.1 Å². The fraction of sp³-hybridized carbons (Fsp3) is 0.115. The average molecular weight is 700 g/mol. The maximum atomic E-state index is 13.2. The van der Waals surface area contributed by atoms with Crippen molar-refractivity contribution in [3.8, 4) is 5.75 Å². The van der Waals surface area contributed by atoms with E-state index in [-0.39, 0.29) is 12.2 Å². The van der Waals surface area contributed by atoms with Gasteiger partial charge in [-0.25, -0.2) is 9.69 Å². The summed E-state index contributed by atoms with van der Waals surface area (Å²) in [5, 5.41) is 3.28. The number of urea groups is 1. The van der Waals surface area contributed by atoms with E-state index in [4.69, 9.17) is 27.9 Å². The smallest absolute Gasteiger partial charge is 0.335 e. The molecule has 184 valence electrons. The summed E-state index contributed by atoms with van der Waals surface area (Å²) in [4.78, 5) is 39.1. The summed E-state index contributed by atoms with van der Waals surface area (Å²) < 4.78 is 7.33. The lowest BCUT2D eigenvalue weighted by molar-refractivity contribution is -0.122. The number of barbiturate groups is 1. The van der Waals surface area contributed by atoms with Crippen molar-refractivity contribution >= 4 is 91.3 Å². The van der Waals surface area contributed by atoms with Gasteiger partial charge in [-0.1, -0.05) is 48.3 Å². The lowest BCUT2D eigenvalue weighted by atomic mass is 10.1. The van der Waals surface area contributed by atoms with Crippen molar-refractivity contribution in [2.45, 2.75) is 20.0 Å². The highest BCUT2D eigenvalue weighted by Crippen LogP contribution is 2.34. The molecule has 4 amide bonds. The standard InChI is InChI=1S/C26H18BrCl2IN2O4/c1-2-14-3-7-18(8-4-14)32-25(34)19(24(33)31-26(32)35)9-15-10-20(27)23(22(30)11-15)36-13-16-5-6-17(28)12-21(16)29/h3-12H,2,13H2,1H3,(H,31,33,35)/b19-9-. The van der Waals surface area contributed by atoms with Crippen molar-refractivity contribution in [3.05, 3.63) is 94.9 Å². The number of hydrogen-bond donors (Lipinski definition) is 1. The van der Waals surface area contributed by atoms with Crippen LogP contribution in [0, 0.1) is 3.57 Å². The summed E-state index contributed by atoms with van der Waals surface area (Å²) in [5.74, 6) is -0.872. The van der Waals surface area contributed by atoms with E-state index in [2.05, 4.69) is 43.8 Å². The van der Waals surface area contributed by atoms with Crippen LogP contribution in [0.25, 0.3) is 6.08 Å². The number of anilines is 1. The van der Waals surface area contributed by atoms with Crippen LogP contribution >= 0.6 is 61.7 Å². The van der Waals surface area contributed by atoms with Gasteiger partial charge in [-0.2, -0.15) is 0 Å². The van der Waals surface area contributed by atoms with E-state index < -0.39 is 17.8 Å². The van der Waals surface area contributed by atoms with Crippen molar-refractivity contribution in [3.63, 3.8) is 0 Å². The number of aryl methyl sites for hydroxylation is 1. The Labute approximate surface area is 239 Å². The Kier molecular flexibility index (Phi) is 8.39. The molecule has 3 aromatic rings. The fourth-order valence-corrected chi connectivity index (χ4v) is 5.76. The third kappa shape index (κ3) is 5.77. The first-order chi connectivity index (χ1) is 17.2. The van der Waals surface area contributed by atoms with Gasteiger partial charge in [-0.15, -0.1) is 0 Å². The van der Waals surface area contributed by atoms with E-state index in [0.29, 0.717) is 31.5 Å². The molecule has 4 rings (SSSR count). The van der Waals surface area contributed by atoms with Crippen LogP contribution in [0.1, 0.15) is 23.6 Å². The number of carbonyl (C=O) groups excluding carboxylic acids is 3. The topological polar surface area (TPSA) is 75.7 Å². The highest BCUT2D eigenvalue weighted by molar-refractivity contribution is 14.1. The molecule has 0 radical (unpaired) electrons. The lowest BCUT2D eigenvalue weighted by Crippen LogP contribution is -2.54. The molecular formula is C26H18BrCl2IN2O4. The zero-order valence-corrected chi connectivity index (χ0v) is 24.0. The molecule has 6 nitrogen and oxygen atoms in total. The second kappa shape index (κ2) is 11.3. The molecule has 0 unspecified atom stereocenters. The van der Waals surface area contributed by atoms with Gasteiger partial charge in [-0.3, -0.25) is 14.9 Å². The van der Waals surface area contributed by atoms with E-state index >= 15 is 0 Å². The van der Waals surface area contributed by atoms with E-state index in [9.17, 15) is 14.4 Å². The zero-order valence-electron chi connectivity index (χ0n) is 18.8. The first-order valence-corrected chi connectivity index (χ1v) is 13.4. The van der Waals surface area contributed by atoms with Gasteiger partial charge in [0.25, 0.3) is 11.8 Å². The highest BCUT2D eigenvalue weighted by Gasteiger charge is 2.36. The summed E-state index contributed by atoms with van der Waals surface area (Å²) in [6, 6.07) is 14.9. The van der Waals surface area contributed by atoms with E-state index in [1.807, 2.05) is 19.1 Å². The average Bonchev–Trinajstić information content (AvgIpc) is 2.82. The van der Waals surface area contributed by atoms with Crippen LogP contribution in [0.2, 0.25) is 10.0 Å². The Morgan fingerprint density at radius 2 is 1.78 bits per heavy atom. The van der Waals surface area contributed by atoms with Crippen molar-refractivity contribution in [1.82, 2.24) is 5.32 Å². The predicted molar refractivity (Wildman–Crippen MR) is 152 cm³/mol. The number of nitrogens with one attached hydrogen (secondary N) is 1. The van der Waals surface area contributed by atoms with Gasteiger partial charge in [0.1, 0.15) is 17.9 Å². The second-order valence-electron chi connectivity index (χ2n) is 7.82. The zero-order chi connectivity index (χ0) is 26.0. The summed E-state index contributed by atoms with van der Waals surface area (Å²) in [5.41, 5.74) is 2.65. The molecular weight excluding hydrogens is 682 g/mol. The van der Waals surface area contributed by atoms with Crippen LogP contribution in [0.4, 0.5) is 10.5 Å². The molecule has 3 aromatic carbocycles. The van der Waals surface area contributed by atoms with Crippen LogP contribution in [0.3, 0.4) is 0 Å². The molecule has 0 aliphatic carbocycles. The number of carbonyl (C=O) groups is 3.